The Kier molecular flexibility index (Phi) is 4.67. The molecular weight excluding hydrogens is 295 g/mol. The van der Waals surface area contributed by atoms with E-state index in [-0.39, 0.29) is 29.5 Å². The Labute approximate surface area is 134 Å². The van der Waals surface area contributed by atoms with E-state index in [0.717, 1.165) is 11.8 Å². The maximum Gasteiger partial charge on any atom is 0.253 e. The van der Waals surface area contributed by atoms with Crippen LogP contribution in [0.1, 0.15) is 28.8 Å². The van der Waals surface area contributed by atoms with Crippen molar-refractivity contribution >= 4 is 5.91 Å². The van der Waals surface area contributed by atoms with Gasteiger partial charge < -0.3 is 10.4 Å². The molecule has 0 saturated heterocycles. The zero-order chi connectivity index (χ0) is 16.2. The van der Waals surface area contributed by atoms with E-state index in [1.807, 2.05) is 30.3 Å². The van der Waals surface area contributed by atoms with Gasteiger partial charge in [-0.1, -0.05) is 30.3 Å². The van der Waals surface area contributed by atoms with E-state index in [0.29, 0.717) is 19.3 Å². The molecule has 120 valence electrons. The molecule has 23 heavy (non-hydrogen) atoms. The van der Waals surface area contributed by atoms with Crippen molar-refractivity contribution in [2.45, 2.75) is 31.4 Å². The quantitative estimate of drug-likeness (QED) is 0.890. The number of benzene rings is 1. The molecule has 2 aromatic rings. The predicted octanol–water partition coefficient (Wildman–Crippen LogP) is 2.33. The number of hydrogen-bond donors (Lipinski definition) is 2. The number of aliphatic hydroxyl groups is 1. The van der Waals surface area contributed by atoms with E-state index in [9.17, 15) is 14.3 Å². The lowest BCUT2D eigenvalue weighted by molar-refractivity contribution is 0.0239. The number of aromatic nitrogens is 1. The van der Waals surface area contributed by atoms with Gasteiger partial charge in [-0.25, -0.2) is 4.39 Å². The molecule has 1 heterocycles. The van der Waals surface area contributed by atoms with Crippen molar-refractivity contribution in [1.29, 1.82) is 0 Å². The first-order valence-corrected chi connectivity index (χ1v) is 7.75. The van der Waals surface area contributed by atoms with Crippen LogP contribution in [0.5, 0.6) is 0 Å². The van der Waals surface area contributed by atoms with Gasteiger partial charge in [0, 0.05) is 12.2 Å². The second kappa shape index (κ2) is 6.87. The van der Waals surface area contributed by atoms with E-state index < -0.39 is 5.82 Å². The highest BCUT2D eigenvalue weighted by molar-refractivity contribution is 5.94. The number of halogens is 1. The first kappa shape index (κ1) is 15.6. The maximum atomic E-state index is 13.2. The fraction of sp³-hybridized carbons (Fsp3) is 0.333. The number of aliphatic hydroxyl groups excluding tert-OH is 1. The van der Waals surface area contributed by atoms with Gasteiger partial charge in [-0.3, -0.25) is 9.78 Å². The molecule has 1 aromatic heterocycles. The Morgan fingerprint density at radius 1 is 1.30 bits per heavy atom. The Bertz CT molecular complexity index is 672. The summed E-state index contributed by atoms with van der Waals surface area (Å²) in [6.45, 7) is 0. The van der Waals surface area contributed by atoms with Gasteiger partial charge in [0.2, 0.25) is 0 Å². The molecule has 1 aromatic carbocycles. The van der Waals surface area contributed by atoms with Gasteiger partial charge in [-0.2, -0.15) is 0 Å². The average Bonchev–Trinajstić information content (AvgIpc) is 2.52. The number of nitrogens with zero attached hydrogens (tertiary/aromatic N) is 1. The molecule has 4 nitrogen and oxygen atoms in total. The minimum Gasteiger partial charge on any atom is -0.393 e. The second-order valence-electron chi connectivity index (χ2n) is 6.05. The molecular formula is C18H19FN2O2. The molecule has 5 heteroatoms. The van der Waals surface area contributed by atoms with E-state index in [2.05, 4.69) is 10.3 Å². The molecule has 1 amide bonds. The third-order valence-corrected chi connectivity index (χ3v) is 4.30. The molecule has 1 aliphatic rings. The summed E-state index contributed by atoms with van der Waals surface area (Å²) in [7, 11) is 0. The summed E-state index contributed by atoms with van der Waals surface area (Å²) in [5, 5.41) is 12.5. The SMILES string of the molecule is O=C(NC(Cc1ccccc1)C1CC(O)C1)c1cncc(F)c1. The first-order valence-electron chi connectivity index (χ1n) is 7.75. The molecule has 2 N–H and O–H groups in total. The van der Waals surface area contributed by atoms with Gasteiger partial charge in [0.1, 0.15) is 5.82 Å². The summed E-state index contributed by atoms with van der Waals surface area (Å²) in [5.41, 5.74) is 1.33. The first-order chi connectivity index (χ1) is 11.1. The molecule has 3 rings (SSSR count). The lowest BCUT2D eigenvalue weighted by atomic mass is 9.75. The number of amides is 1. The van der Waals surface area contributed by atoms with E-state index in [1.54, 1.807) is 0 Å². The van der Waals surface area contributed by atoms with Crippen LogP contribution >= 0.6 is 0 Å². The number of nitrogens with one attached hydrogen (secondary N) is 1. The number of hydrogen-bond acceptors (Lipinski definition) is 3. The number of pyridine rings is 1. The molecule has 1 saturated carbocycles. The maximum absolute atomic E-state index is 13.2. The van der Waals surface area contributed by atoms with Gasteiger partial charge >= 0.3 is 0 Å². The molecule has 1 unspecified atom stereocenters. The van der Waals surface area contributed by atoms with Crippen LogP contribution in [0.4, 0.5) is 4.39 Å². The van der Waals surface area contributed by atoms with Crippen molar-refractivity contribution in [1.82, 2.24) is 10.3 Å². The molecule has 0 radical (unpaired) electrons. The molecule has 1 aliphatic carbocycles. The topological polar surface area (TPSA) is 62.2 Å². The summed E-state index contributed by atoms with van der Waals surface area (Å²) in [5.74, 6) is -0.633. The average molecular weight is 314 g/mol. The van der Waals surface area contributed by atoms with Crippen molar-refractivity contribution < 1.29 is 14.3 Å². The predicted molar refractivity (Wildman–Crippen MR) is 84.3 cm³/mol. The van der Waals surface area contributed by atoms with E-state index >= 15 is 0 Å². The van der Waals surface area contributed by atoms with Crippen molar-refractivity contribution in [2.75, 3.05) is 0 Å². The largest absolute Gasteiger partial charge is 0.393 e. The molecule has 0 bridgehead atoms. The summed E-state index contributed by atoms with van der Waals surface area (Å²) in [6, 6.07) is 11.0. The Morgan fingerprint density at radius 2 is 2.04 bits per heavy atom. The van der Waals surface area contributed by atoms with E-state index in [1.165, 1.54) is 12.3 Å². The van der Waals surface area contributed by atoms with Gasteiger partial charge in [0.25, 0.3) is 5.91 Å². The number of carbonyl (C=O) groups is 1. The van der Waals surface area contributed by atoms with Crippen LogP contribution in [0.15, 0.2) is 48.8 Å². The fourth-order valence-corrected chi connectivity index (χ4v) is 2.95. The zero-order valence-corrected chi connectivity index (χ0v) is 12.7. The summed E-state index contributed by atoms with van der Waals surface area (Å²) in [4.78, 5) is 16.1. The summed E-state index contributed by atoms with van der Waals surface area (Å²) < 4.78 is 13.2. The van der Waals surface area contributed by atoms with Gasteiger partial charge in [0.15, 0.2) is 0 Å². The Morgan fingerprint density at radius 3 is 2.70 bits per heavy atom. The monoisotopic (exact) mass is 314 g/mol. The highest BCUT2D eigenvalue weighted by Crippen LogP contribution is 2.31. The summed E-state index contributed by atoms with van der Waals surface area (Å²) >= 11 is 0. The van der Waals surface area contributed by atoms with E-state index in [4.69, 9.17) is 0 Å². The Balaban J connectivity index is 1.72. The lowest BCUT2D eigenvalue weighted by Gasteiger charge is -2.38. The second-order valence-corrected chi connectivity index (χ2v) is 6.05. The molecule has 1 atom stereocenters. The standard InChI is InChI=1S/C18H19FN2O2/c19-15-7-14(10-20-11-15)18(23)21-17(13-8-16(22)9-13)6-12-4-2-1-3-5-12/h1-5,7,10-11,13,16-17,22H,6,8-9H2,(H,21,23). The highest BCUT2D eigenvalue weighted by Gasteiger charge is 2.34. The number of carbonyl (C=O) groups excluding carboxylic acids is 1. The lowest BCUT2D eigenvalue weighted by Crippen LogP contribution is -2.48. The van der Waals surface area contributed by atoms with Crippen LogP contribution in [0.25, 0.3) is 0 Å². The third kappa shape index (κ3) is 3.93. The van der Waals surface area contributed by atoms with Crippen LogP contribution in [0.2, 0.25) is 0 Å². The van der Waals surface area contributed by atoms with Crippen molar-refractivity contribution in [3.05, 3.63) is 65.7 Å². The smallest absolute Gasteiger partial charge is 0.253 e. The van der Waals surface area contributed by atoms with Gasteiger partial charge in [0.05, 0.1) is 17.9 Å². The number of rotatable bonds is 5. The zero-order valence-electron chi connectivity index (χ0n) is 12.7. The van der Waals surface area contributed by atoms with Crippen LogP contribution in [0, 0.1) is 11.7 Å². The minimum atomic E-state index is -0.531. The van der Waals surface area contributed by atoms with Gasteiger partial charge in [-0.05, 0) is 36.8 Å². The molecule has 0 spiro atoms. The highest BCUT2D eigenvalue weighted by atomic mass is 19.1. The van der Waals surface area contributed by atoms with Gasteiger partial charge in [-0.15, -0.1) is 0 Å². The van der Waals surface area contributed by atoms with Crippen molar-refractivity contribution in [3.63, 3.8) is 0 Å². The van der Waals surface area contributed by atoms with Crippen molar-refractivity contribution in [2.24, 2.45) is 5.92 Å². The van der Waals surface area contributed by atoms with Crippen LogP contribution in [-0.2, 0) is 6.42 Å². The van der Waals surface area contributed by atoms with Crippen molar-refractivity contribution in [3.8, 4) is 0 Å². The fourth-order valence-electron chi connectivity index (χ4n) is 2.95. The van der Waals surface area contributed by atoms with Crippen LogP contribution < -0.4 is 5.32 Å². The minimum absolute atomic E-state index is 0.0865. The summed E-state index contributed by atoms with van der Waals surface area (Å²) in [6.07, 6.45) is 4.19. The third-order valence-electron chi connectivity index (χ3n) is 4.30. The molecule has 0 aliphatic heterocycles. The normalized spacial score (nSPS) is 21.3. The Hall–Kier alpha value is -2.27. The molecule has 1 fully saturated rings. The van der Waals surface area contributed by atoms with Crippen LogP contribution in [-0.4, -0.2) is 28.1 Å². The van der Waals surface area contributed by atoms with Crippen LogP contribution in [0.3, 0.4) is 0 Å².